The molecule has 1 aliphatic heterocycles. The van der Waals surface area contributed by atoms with Gasteiger partial charge in [0.15, 0.2) is 0 Å². The number of halogens is 1. The predicted molar refractivity (Wildman–Crippen MR) is 111 cm³/mol. The lowest BCUT2D eigenvalue weighted by Gasteiger charge is -2.29. The van der Waals surface area contributed by atoms with E-state index in [-0.39, 0.29) is 18.5 Å². The molecular weight excluding hydrogens is 390 g/mol. The molecule has 1 heterocycles. The molecule has 0 aliphatic carbocycles. The molecule has 29 heavy (non-hydrogen) atoms. The van der Waals surface area contributed by atoms with Crippen LogP contribution in [-0.2, 0) is 21.7 Å². The number of hydrogen-bond donors (Lipinski definition) is 1. The topological polar surface area (TPSA) is 69.7 Å². The lowest BCUT2D eigenvalue weighted by atomic mass is 9.92. The highest BCUT2D eigenvalue weighted by molar-refractivity contribution is 6.32. The number of nitrogens with one attached hydrogen (secondary N) is 1. The molecule has 152 valence electrons. The Balaban J connectivity index is 1.80. The van der Waals surface area contributed by atoms with Gasteiger partial charge in [0.25, 0.3) is 5.91 Å². The molecule has 3 rings (SSSR count). The lowest BCUT2D eigenvalue weighted by molar-refractivity contribution is -0.140. The Labute approximate surface area is 175 Å². The molecule has 1 fully saturated rings. The molecule has 4 amide bonds. The Bertz CT molecular complexity index is 932. The van der Waals surface area contributed by atoms with E-state index in [1.165, 1.54) is 0 Å². The normalized spacial score (nSPS) is 18.9. The fourth-order valence-electron chi connectivity index (χ4n) is 3.45. The van der Waals surface area contributed by atoms with E-state index in [1.807, 2.05) is 44.2 Å². The number of hydrogen-bond acceptors (Lipinski definition) is 3. The van der Waals surface area contributed by atoms with Gasteiger partial charge in [-0.05, 0) is 32.4 Å². The number of imide groups is 1. The summed E-state index contributed by atoms with van der Waals surface area (Å²) in [7, 11) is 0. The second-order valence-electron chi connectivity index (χ2n) is 7.53. The van der Waals surface area contributed by atoms with Gasteiger partial charge in [-0.3, -0.25) is 14.5 Å². The first-order valence-corrected chi connectivity index (χ1v) is 9.84. The summed E-state index contributed by atoms with van der Waals surface area (Å²) in [4.78, 5) is 41.2. The van der Waals surface area contributed by atoms with Gasteiger partial charge in [0.1, 0.15) is 12.1 Å². The summed E-state index contributed by atoms with van der Waals surface area (Å²) in [6, 6.07) is 15.8. The third kappa shape index (κ3) is 4.12. The summed E-state index contributed by atoms with van der Waals surface area (Å²) in [6.07, 6.45) is 0. The molecule has 0 aromatic heterocycles. The number of rotatable bonds is 6. The van der Waals surface area contributed by atoms with Crippen molar-refractivity contribution >= 4 is 29.4 Å². The minimum absolute atomic E-state index is 0.0848. The molecule has 7 heteroatoms. The van der Waals surface area contributed by atoms with Gasteiger partial charge < -0.3 is 10.2 Å². The molecule has 1 saturated heterocycles. The Morgan fingerprint density at radius 2 is 1.72 bits per heavy atom. The quantitative estimate of drug-likeness (QED) is 0.736. The van der Waals surface area contributed by atoms with Crippen LogP contribution in [0.3, 0.4) is 0 Å². The summed E-state index contributed by atoms with van der Waals surface area (Å²) in [5, 5.41) is 3.07. The average molecular weight is 414 g/mol. The third-order valence-electron chi connectivity index (χ3n) is 5.12. The van der Waals surface area contributed by atoms with E-state index in [4.69, 9.17) is 11.6 Å². The number of carbonyl (C=O) groups is 3. The molecule has 0 radical (unpaired) electrons. The Kier molecular flexibility index (Phi) is 5.94. The monoisotopic (exact) mass is 413 g/mol. The van der Waals surface area contributed by atoms with E-state index in [9.17, 15) is 14.4 Å². The van der Waals surface area contributed by atoms with Gasteiger partial charge in [-0.25, -0.2) is 4.79 Å². The second-order valence-corrected chi connectivity index (χ2v) is 7.93. The molecule has 0 bridgehead atoms. The van der Waals surface area contributed by atoms with Gasteiger partial charge in [-0.1, -0.05) is 60.1 Å². The van der Waals surface area contributed by atoms with Crippen LogP contribution in [0.25, 0.3) is 0 Å². The van der Waals surface area contributed by atoms with Crippen LogP contribution in [-0.4, -0.2) is 40.2 Å². The van der Waals surface area contributed by atoms with Crippen molar-refractivity contribution in [1.82, 2.24) is 15.1 Å². The maximum atomic E-state index is 13.1. The standard InChI is InChI=1S/C22H24ClN3O3/c1-15(2)25(13-16-9-5-4-6-10-16)19(27)14-26-20(28)22(3,24-21(26)29)17-11-7-8-12-18(17)23/h4-12,15H,13-14H2,1-3H3,(H,24,29)/t22-/m1/s1. The number of benzene rings is 2. The van der Waals surface area contributed by atoms with Crippen LogP contribution in [0.2, 0.25) is 5.02 Å². The highest BCUT2D eigenvalue weighted by atomic mass is 35.5. The van der Waals surface area contributed by atoms with Crippen LogP contribution in [0.4, 0.5) is 4.79 Å². The zero-order valence-corrected chi connectivity index (χ0v) is 17.4. The first-order valence-electron chi connectivity index (χ1n) is 9.46. The van der Waals surface area contributed by atoms with Gasteiger partial charge in [0, 0.05) is 23.2 Å². The maximum absolute atomic E-state index is 13.1. The molecule has 2 aromatic carbocycles. The van der Waals surface area contributed by atoms with Crippen LogP contribution in [0.1, 0.15) is 31.9 Å². The smallest absolute Gasteiger partial charge is 0.325 e. The summed E-state index contributed by atoms with van der Waals surface area (Å²) in [5.74, 6) is -0.789. The lowest BCUT2D eigenvalue weighted by Crippen LogP contribution is -2.46. The molecular formula is C22H24ClN3O3. The van der Waals surface area contributed by atoms with Crippen molar-refractivity contribution in [2.75, 3.05) is 6.54 Å². The zero-order valence-electron chi connectivity index (χ0n) is 16.7. The minimum Gasteiger partial charge on any atom is -0.334 e. The van der Waals surface area contributed by atoms with Crippen molar-refractivity contribution < 1.29 is 14.4 Å². The predicted octanol–water partition coefficient (Wildman–Crippen LogP) is 3.54. The van der Waals surface area contributed by atoms with Crippen molar-refractivity contribution in [2.45, 2.75) is 38.9 Å². The highest BCUT2D eigenvalue weighted by Crippen LogP contribution is 2.33. The van der Waals surface area contributed by atoms with Crippen molar-refractivity contribution in [3.63, 3.8) is 0 Å². The number of urea groups is 1. The third-order valence-corrected chi connectivity index (χ3v) is 5.45. The Morgan fingerprint density at radius 1 is 1.10 bits per heavy atom. The largest absolute Gasteiger partial charge is 0.334 e. The van der Waals surface area contributed by atoms with Crippen molar-refractivity contribution in [1.29, 1.82) is 0 Å². The first-order chi connectivity index (χ1) is 13.7. The van der Waals surface area contributed by atoms with E-state index in [2.05, 4.69) is 5.32 Å². The SMILES string of the molecule is CC(C)N(Cc1ccccc1)C(=O)CN1C(=O)N[C@](C)(c2ccccc2Cl)C1=O. The van der Waals surface area contributed by atoms with Crippen molar-refractivity contribution in [3.8, 4) is 0 Å². The van der Waals surface area contributed by atoms with Gasteiger partial charge >= 0.3 is 6.03 Å². The average Bonchev–Trinajstić information content (AvgIpc) is 2.90. The molecule has 2 aromatic rings. The number of nitrogens with zero attached hydrogens (tertiary/aromatic N) is 2. The van der Waals surface area contributed by atoms with E-state index in [1.54, 1.807) is 36.1 Å². The second kappa shape index (κ2) is 8.25. The molecule has 1 N–H and O–H groups in total. The van der Waals surface area contributed by atoms with Crippen LogP contribution in [0.15, 0.2) is 54.6 Å². The highest BCUT2D eigenvalue weighted by Gasteiger charge is 2.50. The molecule has 0 unspecified atom stereocenters. The molecule has 1 aliphatic rings. The van der Waals surface area contributed by atoms with E-state index >= 15 is 0 Å². The van der Waals surface area contributed by atoms with E-state index in [0.29, 0.717) is 17.1 Å². The Morgan fingerprint density at radius 3 is 2.34 bits per heavy atom. The van der Waals surface area contributed by atoms with Crippen LogP contribution in [0, 0.1) is 0 Å². The fourth-order valence-corrected chi connectivity index (χ4v) is 3.78. The Hall–Kier alpha value is -2.86. The summed E-state index contributed by atoms with van der Waals surface area (Å²) < 4.78 is 0. The maximum Gasteiger partial charge on any atom is 0.325 e. The van der Waals surface area contributed by atoms with Crippen LogP contribution < -0.4 is 5.32 Å². The fraction of sp³-hybridized carbons (Fsp3) is 0.318. The van der Waals surface area contributed by atoms with Crippen LogP contribution >= 0.6 is 11.6 Å². The van der Waals surface area contributed by atoms with Gasteiger partial charge in [0.05, 0.1) is 0 Å². The minimum atomic E-state index is -1.31. The zero-order chi connectivity index (χ0) is 21.2. The summed E-state index contributed by atoms with van der Waals surface area (Å²) in [6.45, 7) is 5.49. The van der Waals surface area contributed by atoms with Crippen molar-refractivity contribution in [3.05, 3.63) is 70.7 Å². The summed E-state index contributed by atoms with van der Waals surface area (Å²) in [5.41, 5.74) is 0.172. The molecule has 1 atom stereocenters. The van der Waals surface area contributed by atoms with E-state index < -0.39 is 17.5 Å². The van der Waals surface area contributed by atoms with Gasteiger partial charge in [-0.2, -0.15) is 0 Å². The number of amides is 4. The first kappa shape index (κ1) is 20.9. The number of carbonyl (C=O) groups excluding carboxylic acids is 3. The van der Waals surface area contributed by atoms with Crippen molar-refractivity contribution in [2.24, 2.45) is 0 Å². The van der Waals surface area contributed by atoms with E-state index in [0.717, 1.165) is 10.5 Å². The van der Waals surface area contributed by atoms with Gasteiger partial charge in [-0.15, -0.1) is 0 Å². The van der Waals surface area contributed by atoms with Crippen LogP contribution in [0.5, 0.6) is 0 Å². The summed E-state index contributed by atoms with van der Waals surface area (Å²) >= 11 is 6.25. The molecule has 0 spiro atoms. The molecule has 6 nitrogen and oxygen atoms in total. The molecule has 0 saturated carbocycles. The van der Waals surface area contributed by atoms with Gasteiger partial charge in [0.2, 0.25) is 5.91 Å².